The zero-order valence-corrected chi connectivity index (χ0v) is 19.7. The minimum absolute atomic E-state index is 0.00255. The molecule has 34 heavy (non-hydrogen) atoms. The first-order valence-corrected chi connectivity index (χ1v) is 11.8. The molecule has 3 heterocycles. The minimum Gasteiger partial charge on any atom is -0.463 e. The summed E-state index contributed by atoms with van der Waals surface area (Å²) in [6, 6.07) is 2.75. The minimum atomic E-state index is -3.08. The monoisotopic (exact) mass is 514 g/mol. The number of carbonyl (C=O) groups excluding carboxylic acids is 1. The number of thiazole rings is 1. The molecule has 2 aliphatic heterocycles. The Hall–Kier alpha value is -2.47. The van der Waals surface area contributed by atoms with Crippen LogP contribution in [-0.4, -0.2) is 65.1 Å². The van der Waals surface area contributed by atoms with Crippen molar-refractivity contribution in [1.82, 2.24) is 15.2 Å². The number of hydrogen-bond acceptors (Lipinski definition) is 8. The largest absolute Gasteiger partial charge is 0.463 e. The number of β-amino-alcohol motifs (C(OH)–C–C–N with tert-alkyl or cyclic N) is 1. The zero-order chi connectivity index (χ0) is 24.5. The number of rotatable bonds is 6. The Morgan fingerprint density at radius 3 is 2.88 bits per heavy atom. The number of nitrogens with one attached hydrogen (secondary N) is 1. The Morgan fingerprint density at radius 1 is 1.44 bits per heavy atom. The van der Waals surface area contributed by atoms with Crippen LogP contribution in [0.4, 0.5) is 13.2 Å². The van der Waals surface area contributed by atoms with Crippen molar-refractivity contribution in [1.29, 1.82) is 0 Å². The lowest BCUT2D eigenvalue weighted by atomic mass is 9.94. The van der Waals surface area contributed by atoms with E-state index < -0.39 is 42.8 Å². The second-order valence-electron chi connectivity index (χ2n) is 8.00. The first kappa shape index (κ1) is 24.6. The van der Waals surface area contributed by atoms with Crippen LogP contribution in [0.15, 0.2) is 46.0 Å². The normalized spacial score (nSPS) is 22.8. The van der Waals surface area contributed by atoms with E-state index >= 15 is 0 Å². The predicted octanol–water partition coefficient (Wildman–Crippen LogP) is 3.55. The average Bonchev–Trinajstić information content (AvgIpc) is 3.27. The molecule has 0 amide bonds. The van der Waals surface area contributed by atoms with E-state index in [-0.39, 0.29) is 36.0 Å². The SMILES string of the molecule is CCOC(=O)C1=C(CN2CC(O)CC(F)(F)C2)NC(c2nccs2)=NC1c1ccc(F)cc1Cl. The molecule has 2 unspecified atom stereocenters. The van der Waals surface area contributed by atoms with Gasteiger partial charge in [0.15, 0.2) is 10.8 Å². The molecule has 1 aromatic carbocycles. The highest BCUT2D eigenvalue weighted by Gasteiger charge is 2.41. The molecule has 2 atom stereocenters. The van der Waals surface area contributed by atoms with Crippen LogP contribution in [0.1, 0.15) is 30.0 Å². The number of aliphatic hydroxyl groups excluding tert-OH is 1. The quantitative estimate of drug-likeness (QED) is 0.573. The molecule has 12 heteroatoms. The topological polar surface area (TPSA) is 87.0 Å². The Balaban J connectivity index is 1.81. The van der Waals surface area contributed by atoms with E-state index in [1.807, 2.05) is 0 Å². The summed E-state index contributed by atoms with van der Waals surface area (Å²) < 4.78 is 47.3. The Morgan fingerprint density at radius 2 is 2.24 bits per heavy atom. The Kier molecular flexibility index (Phi) is 7.27. The van der Waals surface area contributed by atoms with Crippen molar-refractivity contribution in [3.05, 3.63) is 62.5 Å². The van der Waals surface area contributed by atoms with E-state index in [2.05, 4.69) is 15.3 Å². The first-order valence-electron chi connectivity index (χ1n) is 10.5. The number of ether oxygens (including phenoxy) is 1. The molecule has 0 aliphatic carbocycles. The predicted molar refractivity (Wildman–Crippen MR) is 122 cm³/mol. The Labute approximate surface area is 202 Å². The molecule has 0 spiro atoms. The first-order chi connectivity index (χ1) is 16.2. The van der Waals surface area contributed by atoms with Gasteiger partial charge < -0.3 is 15.2 Å². The molecule has 0 bridgehead atoms. The van der Waals surface area contributed by atoms with Crippen LogP contribution < -0.4 is 5.32 Å². The highest BCUT2D eigenvalue weighted by molar-refractivity contribution is 7.11. The van der Waals surface area contributed by atoms with Gasteiger partial charge in [-0.05, 0) is 19.1 Å². The van der Waals surface area contributed by atoms with Crippen molar-refractivity contribution in [3.63, 3.8) is 0 Å². The third kappa shape index (κ3) is 5.43. The number of esters is 1. The molecule has 4 rings (SSSR count). The molecule has 1 saturated heterocycles. The maximum atomic E-state index is 14.2. The molecule has 7 nitrogen and oxygen atoms in total. The molecule has 2 aliphatic rings. The number of aliphatic hydroxyl groups is 1. The number of nitrogens with zero attached hydrogens (tertiary/aromatic N) is 3. The van der Waals surface area contributed by atoms with E-state index in [0.717, 1.165) is 6.07 Å². The second kappa shape index (κ2) is 10.0. The number of aliphatic imine (C=N–C) groups is 1. The fourth-order valence-electron chi connectivity index (χ4n) is 4.07. The van der Waals surface area contributed by atoms with E-state index in [1.54, 1.807) is 18.5 Å². The number of aromatic nitrogens is 1. The number of hydrogen-bond donors (Lipinski definition) is 2. The van der Waals surface area contributed by atoms with Crippen LogP contribution in [0.5, 0.6) is 0 Å². The van der Waals surface area contributed by atoms with E-state index in [0.29, 0.717) is 16.4 Å². The maximum absolute atomic E-state index is 14.2. The number of alkyl halides is 2. The molecule has 0 radical (unpaired) electrons. The summed E-state index contributed by atoms with van der Waals surface area (Å²) in [5, 5.41) is 15.3. The zero-order valence-electron chi connectivity index (χ0n) is 18.1. The summed E-state index contributed by atoms with van der Waals surface area (Å²) >= 11 is 7.61. The standard InChI is InChI=1S/C22H22ClF3N4O3S/c1-2-33-21(32)17-16(10-30-9-13(31)8-22(25,26)11-30)28-19(20-27-5-6-34-20)29-18(17)14-4-3-12(24)7-15(14)23/h3-7,13,18,31H,2,8-11H2,1H3,(H,28,29). The molecule has 0 saturated carbocycles. The van der Waals surface area contributed by atoms with Gasteiger partial charge in [0.05, 0.1) is 24.8 Å². The van der Waals surface area contributed by atoms with E-state index in [1.165, 1.54) is 28.4 Å². The van der Waals surface area contributed by atoms with Crippen LogP contribution in [0.25, 0.3) is 0 Å². The van der Waals surface area contributed by atoms with Crippen molar-refractivity contribution in [3.8, 4) is 0 Å². The van der Waals surface area contributed by atoms with Crippen LogP contribution in [0.2, 0.25) is 5.02 Å². The molecule has 1 fully saturated rings. The number of halogens is 4. The lowest BCUT2D eigenvalue weighted by molar-refractivity contribution is -0.139. The summed E-state index contributed by atoms with van der Waals surface area (Å²) in [5.41, 5.74) is 0.691. The highest BCUT2D eigenvalue weighted by atomic mass is 35.5. The van der Waals surface area contributed by atoms with Gasteiger partial charge in [-0.2, -0.15) is 0 Å². The third-order valence-electron chi connectivity index (χ3n) is 5.35. The third-order valence-corrected chi connectivity index (χ3v) is 6.46. The van der Waals surface area contributed by atoms with Gasteiger partial charge in [-0.3, -0.25) is 9.89 Å². The molecule has 2 aromatic rings. The lowest BCUT2D eigenvalue weighted by Crippen LogP contribution is -2.51. The lowest BCUT2D eigenvalue weighted by Gasteiger charge is -2.37. The molecular formula is C22H22ClF3N4O3S. The summed E-state index contributed by atoms with van der Waals surface area (Å²) in [5.74, 6) is -4.03. The van der Waals surface area contributed by atoms with Gasteiger partial charge in [0.2, 0.25) is 0 Å². The van der Waals surface area contributed by atoms with Gasteiger partial charge in [0.1, 0.15) is 11.9 Å². The highest BCUT2D eigenvalue weighted by Crippen LogP contribution is 2.37. The van der Waals surface area contributed by atoms with Crippen molar-refractivity contribution in [2.45, 2.75) is 31.4 Å². The summed E-state index contributed by atoms with van der Waals surface area (Å²) in [7, 11) is 0. The fourth-order valence-corrected chi connectivity index (χ4v) is 4.93. The average molecular weight is 515 g/mol. The number of piperidine rings is 1. The molecular weight excluding hydrogens is 493 g/mol. The number of amidine groups is 1. The number of benzene rings is 1. The molecule has 1 aromatic heterocycles. The van der Waals surface area contributed by atoms with Crippen LogP contribution in [0, 0.1) is 5.82 Å². The fraction of sp³-hybridized carbons (Fsp3) is 0.409. The van der Waals surface area contributed by atoms with Gasteiger partial charge in [-0.25, -0.2) is 22.9 Å². The van der Waals surface area contributed by atoms with Crippen molar-refractivity contribution >= 4 is 34.7 Å². The summed E-state index contributed by atoms with van der Waals surface area (Å²) in [6.07, 6.45) is -0.260. The Bertz CT molecular complexity index is 1130. The van der Waals surface area contributed by atoms with E-state index in [9.17, 15) is 23.1 Å². The number of likely N-dealkylation sites (tertiary alicyclic amines) is 1. The number of carbonyl (C=O) groups is 1. The van der Waals surface area contributed by atoms with Crippen LogP contribution in [-0.2, 0) is 9.53 Å². The smallest absolute Gasteiger partial charge is 0.338 e. The molecule has 182 valence electrons. The van der Waals surface area contributed by atoms with Crippen LogP contribution >= 0.6 is 22.9 Å². The molecule has 2 N–H and O–H groups in total. The maximum Gasteiger partial charge on any atom is 0.338 e. The van der Waals surface area contributed by atoms with Crippen LogP contribution in [0.3, 0.4) is 0 Å². The second-order valence-corrected chi connectivity index (χ2v) is 9.31. The summed E-state index contributed by atoms with van der Waals surface area (Å²) in [4.78, 5) is 23.3. The van der Waals surface area contributed by atoms with Crippen molar-refractivity contribution < 1.29 is 27.8 Å². The van der Waals surface area contributed by atoms with Gasteiger partial charge in [-0.15, -0.1) is 11.3 Å². The van der Waals surface area contributed by atoms with Gasteiger partial charge in [0, 0.05) is 47.4 Å². The van der Waals surface area contributed by atoms with Gasteiger partial charge in [0.25, 0.3) is 5.92 Å². The van der Waals surface area contributed by atoms with Gasteiger partial charge in [-0.1, -0.05) is 17.7 Å². The van der Waals surface area contributed by atoms with Crippen molar-refractivity contribution in [2.24, 2.45) is 4.99 Å². The van der Waals surface area contributed by atoms with Gasteiger partial charge >= 0.3 is 5.97 Å². The van der Waals surface area contributed by atoms with E-state index in [4.69, 9.17) is 16.3 Å². The summed E-state index contributed by atoms with van der Waals surface area (Å²) in [6.45, 7) is 1.02. The van der Waals surface area contributed by atoms with Crippen molar-refractivity contribution in [2.75, 3.05) is 26.2 Å².